The van der Waals surface area contributed by atoms with E-state index in [2.05, 4.69) is 25.7 Å². The molecule has 2 fully saturated rings. The average Bonchev–Trinajstić information content (AvgIpc) is 2.56. The molecule has 2 N–H and O–H groups in total. The van der Waals surface area contributed by atoms with Gasteiger partial charge in [0.2, 0.25) is 0 Å². The predicted octanol–water partition coefficient (Wildman–Crippen LogP) is 2.23. The van der Waals surface area contributed by atoms with Crippen molar-refractivity contribution in [3.8, 4) is 0 Å². The van der Waals surface area contributed by atoms with Crippen molar-refractivity contribution >= 4 is 0 Å². The van der Waals surface area contributed by atoms with Gasteiger partial charge in [-0.1, -0.05) is 20.8 Å². The zero-order valence-electron chi connectivity index (χ0n) is 10.5. The van der Waals surface area contributed by atoms with Gasteiger partial charge in [0, 0.05) is 18.6 Å². The van der Waals surface area contributed by atoms with Gasteiger partial charge in [0.1, 0.15) is 0 Å². The van der Waals surface area contributed by atoms with Crippen molar-refractivity contribution < 1.29 is 0 Å². The van der Waals surface area contributed by atoms with Crippen LogP contribution in [0.4, 0.5) is 0 Å². The van der Waals surface area contributed by atoms with Crippen LogP contribution < -0.4 is 5.73 Å². The third-order valence-electron chi connectivity index (χ3n) is 4.33. The van der Waals surface area contributed by atoms with Gasteiger partial charge in [-0.25, -0.2) is 0 Å². The molecular formula is C13H26N2. The lowest BCUT2D eigenvalue weighted by molar-refractivity contribution is 0.0929. The monoisotopic (exact) mass is 210 g/mol. The molecule has 1 saturated carbocycles. The standard InChI is InChI=1S/C13H26N2/c1-10-5-7-15(9-10)12-8-13(2,3)6-4-11(12)14/h10-12H,4-9,14H2,1-3H3. The van der Waals surface area contributed by atoms with E-state index in [1.807, 2.05) is 0 Å². The number of hydrogen-bond donors (Lipinski definition) is 1. The minimum atomic E-state index is 0.420. The molecule has 0 radical (unpaired) electrons. The van der Waals surface area contributed by atoms with Crippen LogP contribution in [0.25, 0.3) is 0 Å². The highest BCUT2D eigenvalue weighted by Crippen LogP contribution is 2.38. The number of rotatable bonds is 1. The largest absolute Gasteiger partial charge is 0.326 e. The van der Waals surface area contributed by atoms with Crippen LogP contribution in [-0.4, -0.2) is 30.1 Å². The Labute approximate surface area is 94.2 Å². The molecule has 1 heterocycles. The van der Waals surface area contributed by atoms with Crippen LogP contribution in [0.15, 0.2) is 0 Å². The predicted molar refractivity (Wildman–Crippen MR) is 64.7 cm³/mol. The first-order chi connectivity index (χ1) is 6.98. The van der Waals surface area contributed by atoms with E-state index in [0.29, 0.717) is 17.5 Å². The number of likely N-dealkylation sites (tertiary alicyclic amines) is 1. The van der Waals surface area contributed by atoms with Gasteiger partial charge >= 0.3 is 0 Å². The average molecular weight is 210 g/mol. The zero-order chi connectivity index (χ0) is 11.1. The van der Waals surface area contributed by atoms with Gasteiger partial charge in [0.25, 0.3) is 0 Å². The smallest absolute Gasteiger partial charge is 0.0252 e. The number of nitrogens with zero attached hydrogens (tertiary/aromatic N) is 1. The Morgan fingerprint density at radius 1 is 1.27 bits per heavy atom. The van der Waals surface area contributed by atoms with E-state index in [9.17, 15) is 0 Å². The molecule has 2 rings (SSSR count). The van der Waals surface area contributed by atoms with E-state index >= 15 is 0 Å². The van der Waals surface area contributed by atoms with Gasteiger partial charge in [-0.2, -0.15) is 0 Å². The molecule has 3 atom stereocenters. The summed E-state index contributed by atoms with van der Waals surface area (Å²) in [6.45, 7) is 9.69. The molecule has 0 bridgehead atoms. The maximum atomic E-state index is 6.28. The molecule has 0 aromatic heterocycles. The molecular weight excluding hydrogens is 184 g/mol. The molecule has 1 aliphatic carbocycles. The molecule has 0 spiro atoms. The van der Waals surface area contributed by atoms with Gasteiger partial charge in [0.05, 0.1) is 0 Å². The Kier molecular flexibility index (Phi) is 3.09. The topological polar surface area (TPSA) is 29.3 Å². The summed E-state index contributed by atoms with van der Waals surface area (Å²) >= 11 is 0. The molecule has 1 saturated heterocycles. The third kappa shape index (κ3) is 2.54. The van der Waals surface area contributed by atoms with Crippen molar-refractivity contribution in [2.75, 3.05) is 13.1 Å². The molecule has 2 heteroatoms. The third-order valence-corrected chi connectivity index (χ3v) is 4.33. The Hall–Kier alpha value is -0.0800. The quantitative estimate of drug-likeness (QED) is 0.719. The summed E-state index contributed by atoms with van der Waals surface area (Å²) in [6.07, 6.45) is 5.17. The first-order valence-corrected chi connectivity index (χ1v) is 6.47. The van der Waals surface area contributed by atoms with Gasteiger partial charge < -0.3 is 5.73 Å². The van der Waals surface area contributed by atoms with Crippen LogP contribution in [0.2, 0.25) is 0 Å². The lowest BCUT2D eigenvalue weighted by Crippen LogP contribution is -2.52. The first-order valence-electron chi connectivity index (χ1n) is 6.47. The lowest BCUT2D eigenvalue weighted by Gasteiger charge is -2.43. The van der Waals surface area contributed by atoms with Gasteiger partial charge in [0.15, 0.2) is 0 Å². The highest BCUT2D eigenvalue weighted by Gasteiger charge is 2.37. The molecule has 0 aromatic rings. The summed E-state index contributed by atoms with van der Waals surface area (Å²) in [6, 6.07) is 1.07. The minimum Gasteiger partial charge on any atom is -0.326 e. The summed E-state index contributed by atoms with van der Waals surface area (Å²) < 4.78 is 0. The summed E-state index contributed by atoms with van der Waals surface area (Å²) in [4.78, 5) is 2.65. The van der Waals surface area contributed by atoms with E-state index in [-0.39, 0.29) is 0 Å². The van der Waals surface area contributed by atoms with E-state index in [1.54, 1.807) is 0 Å². The fourth-order valence-corrected chi connectivity index (χ4v) is 3.24. The second-order valence-corrected chi connectivity index (χ2v) is 6.53. The molecule has 2 nitrogen and oxygen atoms in total. The van der Waals surface area contributed by atoms with Crippen LogP contribution in [0.3, 0.4) is 0 Å². The second-order valence-electron chi connectivity index (χ2n) is 6.53. The van der Waals surface area contributed by atoms with Gasteiger partial charge in [-0.3, -0.25) is 4.90 Å². The highest BCUT2D eigenvalue weighted by atomic mass is 15.2. The normalized spacial score (nSPS) is 42.0. The Morgan fingerprint density at radius 2 is 2.00 bits per heavy atom. The van der Waals surface area contributed by atoms with E-state index in [1.165, 1.54) is 38.8 Å². The van der Waals surface area contributed by atoms with Crippen molar-refractivity contribution in [3.63, 3.8) is 0 Å². The Morgan fingerprint density at radius 3 is 2.60 bits per heavy atom. The SMILES string of the molecule is CC1CCN(C2CC(C)(C)CCC2N)C1. The van der Waals surface area contributed by atoms with E-state index < -0.39 is 0 Å². The van der Waals surface area contributed by atoms with Crippen molar-refractivity contribution in [3.05, 3.63) is 0 Å². The van der Waals surface area contributed by atoms with Crippen molar-refractivity contribution in [1.82, 2.24) is 4.90 Å². The van der Waals surface area contributed by atoms with E-state index in [0.717, 1.165) is 5.92 Å². The maximum absolute atomic E-state index is 6.28. The maximum Gasteiger partial charge on any atom is 0.0252 e. The van der Waals surface area contributed by atoms with Crippen molar-refractivity contribution in [2.45, 2.75) is 58.5 Å². The van der Waals surface area contributed by atoms with Crippen LogP contribution in [0, 0.1) is 11.3 Å². The molecule has 1 aliphatic heterocycles. The van der Waals surface area contributed by atoms with Crippen molar-refractivity contribution in [1.29, 1.82) is 0 Å². The van der Waals surface area contributed by atoms with Crippen molar-refractivity contribution in [2.24, 2.45) is 17.1 Å². The second kappa shape index (κ2) is 4.06. The van der Waals surface area contributed by atoms with E-state index in [4.69, 9.17) is 5.73 Å². The lowest BCUT2D eigenvalue weighted by atomic mass is 9.72. The van der Waals surface area contributed by atoms with Crippen LogP contribution in [-0.2, 0) is 0 Å². The summed E-state index contributed by atoms with van der Waals surface area (Å²) in [5, 5.41) is 0. The Bertz CT molecular complexity index is 225. The summed E-state index contributed by atoms with van der Waals surface area (Å²) in [5.74, 6) is 0.877. The van der Waals surface area contributed by atoms with Crippen LogP contribution in [0.1, 0.15) is 46.5 Å². The zero-order valence-corrected chi connectivity index (χ0v) is 10.5. The Balaban J connectivity index is 2.00. The number of hydrogen-bond acceptors (Lipinski definition) is 2. The van der Waals surface area contributed by atoms with Gasteiger partial charge in [-0.05, 0) is 43.6 Å². The molecule has 3 unspecified atom stereocenters. The fraction of sp³-hybridized carbons (Fsp3) is 1.00. The summed E-state index contributed by atoms with van der Waals surface area (Å²) in [7, 11) is 0. The summed E-state index contributed by atoms with van der Waals surface area (Å²) in [5.41, 5.74) is 6.79. The van der Waals surface area contributed by atoms with Crippen LogP contribution in [0.5, 0.6) is 0 Å². The minimum absolute atomic E-state index is 0.420. The van der Waals surface area contributed by atoms with Crippen LogP contribution >= 0.6 is 0 Å². The molecule has 0 amide bonds. The molecule has 0 aromatic carbocycles. The molecule has 2 aliphatic rings. The molecule has 15 heavy (non-hydrogen) atoms. The fourth-order valence-electron chi connectivity index (χ4n) is 3.24. The first kappa shape index (κ1) is 11.4. The number of nitrogens with two attached hydrogens (primary N) is 1. The van der Waals surface area contributed by atoms with Gasteiger partial charge in [-0.15, -0.1) is 0 Å². The molecule has 88 valence electrons. The highest BCUT2D eigenvalue weighted by molar-refractivity contribution is 4.94.